The average molecular weight is 302 g/mol. The Morgan fingerprint density at radius 2 is 1.48 bits per heavy atom. The first-order valence-corrected chi connectivity index (χ1v) is 7.56. The van der Waals surface area contributed by atoms with Crippen LogP contribution >= 0.6 is 0 Å². The second-order valence-electron chi connectivity index (χ2n) is 5.96. The molecule has 0 radical (unpaired) electrons. The monoisotopic (exact) mass is 302 g/mol. The number of nitriles is 2. The molecule has 0 saturated heterocycles. The molecule has 0 fully saturated rings. The van der Waals surface area contributed by atoms with Gasteiger partial charge in [-0.05, 0) is 44.0 Å². The van der Waals surface area contributed by atoms with E-state index < -0.39 is 0 Å². The van der Waals surface area contributed by atoms with Gasteiger partial charge in [-0.3, -0.25) is 0 Å². The molecule has 0 amide bonds. The summed E-state index contributed by atoms with van der Waals surface area (Å²) in [6.07, 6.45) is 0.116. The van der Waals surface area contributed by atoms with E-state index in [1.54, 1.807) is 0 Å². The fraction of sp³-hybridized carbons (Fsp3) is 0.263. The van der Waals surface area contributed by atoms with Crippen LogP contribution in [-0.4, -0.2) is 13.2 Å². The van der Waals surface area contributed by atoms with Crippen LogP contribution in [0, 0.1) is 36.5 Å². The molecule has 1 aliphatic heterocycles. The molecule has 0 N–H and O–H groups in total. The topological polar surface area (TPSA) is 54.1 Å². The first-order chi connectivity index (χ1) is 11.0. The van der Waals surface area contributed by atoms with Crippen LogP contribution in [-0.2, 0) is 0 Å². The van der Waals surface area contributed by atoms with Crippen molar-refractivity contribution in [2.24, 2.45) is 0 Å². The largest absolute Gasteiger partial charge is 0.352 e. The fourth-order valence-electron chi connectivity index (χ4n) is 3.31. The number of para-hydroxylation sites is 1. The molecule has 0 bridgehead atoms. The maximum atomic E-state index is 9.35. The quantitative estimate of drug-likeness (QED) is 0.799. The summed E-state index contributed by atoms with van der Waals surface area (Å²) in [5.41, 5.74) is 6.36. The zero-order valence-corrected chi connectivity index (χ0v) is 13.8. The predicted octanol–water partition coefficient (Wildman–Crippen LogP) is 3.98. The van der Waals surface area contributed by atoms with E-state index in [2.05, 4.69) is 60.9 Å². The average Bonchev–Trinajstić information content (AvgIpc) is 2.78. The fourth-order valence-corrected chi connectivity index (χ4v) is 3.31. The highest BCUT2D eigenvalue weighted by Gasteiger charge is 2.34. The van der Waals surface area contributed by atoms with Gasteiger partial charge in [-0.2, -0.15) is 10.5 Å². The summed E-state index contributed by atoms with van der Waals surface area (Å²) in [7, 11) is 2.02. The summed E-state index contributed by atoms with van der Waals surface area (Å²) in [4.78, 5) is 4.39. The van der Waals surface area contributed by atoms with E-state index in [0.717, 1.165) is 11.4 Å². The number of benzene rings is 2. The van der Waals surface area contributed by atoms with Crippen molar-refractivity contribution >= 4 is 17.1 Å². The maximum Gasteiger partial charge on any atom is 0.103 e. The Bertz CT molecular complexity index is 850. The molecular weight excluding hydrogens is 284 g/mol. The predicted molar refractivity (Wildman–Crippen MR) is 91.8 cm³/mol. The van der Waals surface area contributed by atoms with E-state index in [1.807, 2.05) is 19.2 Å². The molecule has 2 aromatic carbocycles. The van der Waals surface area contributed by atoms with Gasteiger partial charge in [0, 0.05) is 12.7 Å². The highest BCUT2D eigenvalue weighted by molar-refractivity contribution is 5.87. The molecule has 0 aromatic heterocycles. The lowest BCUT2D eigenvalue weighted by molar-refractivity contribution is 0.731. The summed E-state index contributed by atoms with van der Waals surface area (Å²) in [6, 6.07) is 14.2. The van der Waals surface area contributed by atoms with Gasteiger partial charge in [-0.25, -0.2) is 0 Å². The molecule has 0 spiro atoms. The smallest absolute Gasteiger partial charge is 0.103 e. The van der Waals surface area contributed by atoms with E-state index >= 15 is 0 Å². The summed E-state index contributed by atoms with van der Waals surface area (Å²) in [5, 5.41) is 18.6. The van der Waals surface area contributed by atoms with Gasteiger partial charge in [0.25, 0.3) is 0 Å². The number of hydrogen-bond donors (Lipinski definition) is 0. The lowest BCUT2D eigenvalue weighted by Gasteiger charge is -2.30. The van der Waals surface area contributed by atoms with Gasteiger partial charge in [0.2, 0.25) is 0 Å². The van der Waals surface area contributed by atoms with Crippen molar-refractivity contribution in [2.45, 2.75) is 26.9 Å². The minimum absolute atomic E-state index is 0.116. The zero-order chi connectivity index (χ0) is 16.7. The third kappa shape index (κ3) is 2.12. The molecule has 23 heavy (non-hydrogen) atoms. The molecular formula is C19H18N4. The standard InChI is InChI=1S/C19H18N4/c1-12-6-5-7-13(2)19(12)23-14(3)22(4)17-8-15(10-20)16(11-21)9-18(17)23/h5-9,14H,1-4H3/t14-/m0/s1. The second kappa shape index (κ2) is 5.34. The van der Waals surface area contributed by atoms with Gasteiger partial charge in [0.15, 0.2) is 0 Å². The van der Waals surface area contributed by atoms with Crippen LogP contribution in [0.2, 0.25) is 0 Å². The van der Waals surface area contributed by atoms with E-state index in [0.29, 0.717) is 11.1 Å². The Morgan fingerprint density at radius 3 is 2.00 bits per heavy atom. The van der Waals surface area contributed by atoms with Crippen LogP contribution < -0.4 is 9.80 Å². The molecule has 0 unspecified atom stereocenters. The van der Waals surface area contributed by atoms with Crippen molar-refractivity contribution in [3.63, 3.8) is 0 Å². The highest BCUT2D eigenvalue weighted by atomic mass is 15.4. The van der Waals surface area contributed by atoms with Gasteiger partial charge >= 0.3 is 0 Å². The van der Waals surface area contributed by atoms with Gasteiger partial charge in [-0.15, -0.1) is 0 Å². The van der Waals surface area contributed by atoms with E-state index in [-0.39, 0.29) is 6.17 Å². The van der Waals surface area contributed by atoms with Crippen LogP contribution in [0.3, 0.4) is 0 Å². The number of rotatable bonds is 1. The second-order valence-corrected chi connectivity index (χ2v) is 5.96. The molecule has 1 aliphatic rings. The van der Waals surface area contributed by atoms with Crippen molar-refractivity contribution in [3.05, 3.63) is 52.6 Å². The molecule has 3 rings (SSSR count). The zero-order valence-electron chi connectivity index (χ0n) is 13.8. The number of hydrogen-bond acceptors (Lipinski definition) is 4. The van der Waals surface area contributed by atoms with Crippen LogP contribution in [0.15, 0.2) is 30.3 Å². The molecule has 2 aromatic rings. The molecule has 0 aliphatic carbocycles. The van der Waals surface area contributed by atoms with Gasteiger partial charge in [0.05, 0.1) is 22.5 Å². The third-order valence-electron chi connectivity index (χ3n) is 4.61. The summed E-state index contributed by atoms with van der Waals surface area (Å²) < 4.78 is 0. The first-order valence-electron chi connectivity index (χ1n) is 7.56. The van der Waals surface area contributed by atoms with Crippen LogP contribution in [0.4, 0.5) is 17.1 Å². The number of anilines is 3. The van der Waals surface area contributed by atoms with E-state index in [1.165, 1.54) is 16.8 Å². The van der Waals surface area contributed by atoms with Crippen LogP contribution in [0.5, 0.6) is 0 Å². The lowest BCUT2D eigenvalue weighted by Crippen LogP contribution is -2.36. The normalized spacial score (nSPS) is 16.0. The molecule has 4 nitrogen and oxygen atoms in total. The Morgan fingerprint density at radius 1 is 0.957 bits per heavy atom. The first kappa shape index (κ1) is 14.9. The molecule has 1 heterocycles. The van der Waals surface area contributed by atoms with E-state index in [9.17, 15) is 10.5 Å². The number of aryl methyl sites for hydroxylation is 2. The van der Waals surface area contributed by atoms with Crippen LogP contribution in [0.1, 0.15) is 29.2 Å². The Hall–Kier alpha value is -2.98. The highest BCUT2D eigenvalue weighted by Crippen LogP contribution is 2.46. The van der Waals surface area contributed by atoms with Gasteiger partial charge < -0.3 is 9.80 Å². The molecule has 1 atom stereocenters. The molecule has 4 heteroatoms. The Kier molecular flexibility index (Phi) is 3.47. The van der Waals surface area contributed by atoms with Crippen molar-refractivity contribution in [2.75, 3.05) is 16.8 Å². The molecule has 0 saturated carbocycles. The Labute approximate surface area is 136 Å². The third-order valence-corrected chi connectivity index (χ3v) is 4.61. The van der Waals surface area contributed by atoms with Gasteiger partial charge in [0.1, 0.15) is 18.3 Å². The number of nitrogens with zero attached hydrogens (tertiary/aromatic N) is 4. The SMILES string of the molecule is Cc1cccc(C)c1N1c2cc(C#N)c(C#N)cc2N(C)[C@@H]1C. The minimum Gasteiger partial charge on any atom is -0.352 e. The number of fused-ring (bicyclic) bond motifs is 1. The van der Waals surface area contributed by atoms with Crippen molar-refractivity contribution < 1.29 is 0 Å². The summed E-state index contributed by atoms with van der Waals surface area (Å²) in [6.45, 7) is 6.33. The van der Waals surface area contributed by atoms with Crippen molar-refractivity contribution in [1.29, 1.82) is 10.5 Å². The summed E-state index contributed by atoms with van der Waals surface area (Å²) in [5.74, 6) is 0. The lowest BCUT2D eigenvalue weighted by atomic mass is 10.0. The maximum absolute atomic E-state index is 9.35. The minimum atomic E-state index is 0.116. The summed E-state index contributed by atoms with van der Waals surface area (Å²) >= 11 is 0. The van der Waals surface area contributed by atoms with Gasteiger partial charge in [-0.1, -0.05) is 18.2 Å². The molecule has 114 valence electrons. The van der Waals surface area contributed by atoms with E-state index in [4.69, 9.17) is 0 Å². The van der Waals surface area contributed by atoms with Crippen molar-refractivity contribution in [1.82, 2.24) is 0 Å². The Balaban J connectivity index is 2.28. The van der Waals surface area contributed by atoms with Crippen molar-refractivity contribution in [3.8, 4) is 12.1 Å². The van der Waals surface area contributed by atoms with Crippen LogP contribution in [0.25, 0.3) is 0 Å².